The molecule has 0 saturated heterocycles. The van der Waals surface area contributed by atoms with Crippen LogP contribution in [-0.4, -0.2) is 39.2 Å². The number of carbonyl (C=O) groups excluding carboxylic acids is 2. The Morgan fingerprint density at radius 1 is 0.667 bits per heavy atom. The maximum absolute atomic E-state index is 12.1. The SMILES string of the molecule is CCCCCCNc1cc(C(=O)OC)ccc1/C=C/c1ccc(C(=O)OC)cc1NCCCCCC. The molecule has 36 heavy (non-hydrogen) atoms. The highest BCUT2D eigenvalue weighted by Crippen LogP contribution is 2.25. The number of nitrogens with one attached hydrogen (secondary N) is 2. The second-order valence-corrected chi connectivity index (χ2v) is 8.90. The van der Waals surface area contributed by atoms with Crippen LogP contribution in [0.5, 0.6) is 0 Å². The summed E-state index contributed by atoms with van der Waals surface area (Å²) in [6.45, 7) is 6.07. The molecule has 0 unspecified atom stereocenters. The first-order valence-electron chi connectivity index (χ1n) is 13.1. The molecule has 0 aliphatic heterocycles. The summed E-state index contributed by atoms with van der Waals surface area (Å²) in [5, 5.41) is 6.98. The first-order chi connectivity index (χ1) is 17.5. The van der Waals surface area contributed by atoms with Gasteiger partial charge in [0.1, 0.15) is 0 Å². The Morgan fingerprint density at radius 2 is 1.08 bits per heavy atom. The quantitative estimate of drug-likeness (QED) is 0.144. The molecule has 6 nitrogen and oxygen atoms in total. The fraction of sp³-hybridized carbons (Fsp3) is 0.467. The van der Waals surface area contributed by atoms with Crippen LogP contribution in [0.2, 0.25) is 0 Å². The van der Waals surface area contributed by atoms with Crippen LogP contribution >= 0.6 is 0 Å². The second kappa shape index (κ2) is 16.4. The third-order valence-electron chi connectivity index (χ3n) is 6.08. The molecule has 0 fully saturated rings. The maximum atomic E-state index is 12.1. The number of rotatable bonds is 16. The summed E-state index contributed by atoms with van der Waals surface area (Å²) in [7, 11) is 2.78. The van der Waals surface area contributed by atoms with Crippen molar-refractivity contribution in [2.75, 3.05) is 37.9 Å². The molecule has 0 spiro atoms. The Bertz CT molecular complexity index is 921. The van der Waals surface area contributed by atoms with E-state index in [0.717, 1.165) is 48.4 Å². The van der Waals surface area contributed by atoms with Gasteiger partial charge in [0.15, 0.2) is 0 Å². The largest absolute Gasteiger partial charge is 0.465 e. The van der Waals surface area contributed by atoms with Gasteiger partial charge in [0.05, 0.1) is 25.3 Å². The van der Waals surface area contributed by atoms with Crippen molar-refractivity contribution in [1.82, 2.24) is 0 Å². The summed E-state index contributed by atoms with van der Waals surface area (Å²) in [4.78, 5) is 24.2. The molecular formula is C30H42N2O4. The van der Waals surface area contributed by atoms with Gasteiger partial charge in [0.25, 0.3) is 0 Å². The molecule has 2 aromatic rings. The number of hydrogen-bond donors (Lipinski definition) is 2. The average Bonchev–Trinajstić information content (AvgIpc) is 2.91. The number of benzene rings is 2. The van der Waals surface area contributed by atoms with E-state index in [9.17, 15) is 9.59 Å². The van der Waals surface area contributed by atoms with Crippen LogP contribution in [-0.2, 0) is 9.47 Å². The summed E-state index contributed by atoms with van der Waals surface area (Å²) in [5.74, 6) is -0.708. The predicted molar refractivity (Wildman–Crippen MR) is 150 cm³/mol. The van der Waals surface area contributed by atoms with Gasteiger partial charge in [0, 0.05) is 24.5 Å². The van der Waals surface area contributed by atoms with Gasteiger partial charge < -0.3 is 20.1 Å². The smallest absolute Gasteiger partial charge is 0.337 e. The van der Waals surface area contributed by atoms with E-state index in [2.05, 4.69) is 24.5 Å². The number of unbranched alkanes of at least 4 members (excludes halogenated alkanes) is 6. The molecule has 0 saturated carbocycles. The van der Waals surface area contributed by atoms with Crippen molar-refractivity contribution < 1.29 is 19.1 Å². The molecule has 0 heterocycles. The third kappa shape index (κ3) is 9.40. The lowest BCUT2D eigenvalue weighted by molar-refractivity contribution is 0.0592. The lowest BCUT2D eigenvalue weighted by Crippen LogP contribution is -2.07. The molecule has 0 bridgehead atoms. The Morgan fingerprint density at radius 3 is 1.44 bits per heavy atom. The molecule has 2 aromatic carbocycles. The zero-order valence-corrected chi connectivity index (χ0v) is 22.3. The fourth-order valence-corrected chi connectivity index (χ4v) is 3.93. The zero-order valence-electron chi connectivity index (χ0n) is 22.3. The third-order valence-corrected chi connectivity index (χ3v) is 6.08. The van der Waals surface area contributed by atoms with Crippen LogP contribution in [0, 0.1) is 0 Å². The van der Waals surface area contributed by atoms with Gasteiger partial charge in [-0.15, -0.1) is 0 Å². The minimum absolute atomic E-state index is 0.354. The predicted octanol–water partition coefficient (Wildman–Crippen LogP) is 7.41. The summed E-state index contributed by atoms with van der Waals surface area (Å²) in [5.41, 5.74) is 4.77. The van der Waals surface area contributed by atoms with Gasteiger partial charge in [-0.05, 0) is 48.2 Å². The van der Waals surface area contributed by atoms with E-state index < -0.39 is 0 Å². The lowest BCUT2D eigenvalue weighted by Gasteiger charge is -2.13. The van der Waals surface area contributed by atoms with Gasteiger partial charge >= 0.3 is 11.9 Å². The first-order valence-corrected chi connectivity index (χ1v) is 13.1. The highest BCUT2D eigenvalue weighted by Gasteiger charge is 2.11. The number of ether oxygens (including phenoxy) is 2. The molecular weight excluding hydrogens is 452 g/mol. The van der Waals surface area contributed by atoms with Crippen LogP contribution < -0.4 is 10.6 Å². The maximum Gasteiger partial charge on any atom is 0.337 e. The number of carbonyl (C=O) groups is 2. The number of methoxy groups -OCH3 is 2. The van der Waals surface area contributed by atoms with Gasteiger partial charge in [-0.25, -0.2) is 9.59 Å². The second-order valence-electron chi connectivity index (χ2n) is 8.90. The Labute approximate surface area is 216 Å². The number of anilines is 2. The Kier molecular flexibility index (Phi) is 13.2. The first kappa shape index (κ1) is 29.0. The van der Waals surface area contributed by atoms with Crippen molar-refractivity contribution in [1.29, 1.82) is 0 Å². The normalized spacial score (nSPS) is 10.9. The molecule has 0 atom stereocenters. The molecule has 0 aliphatic carbocycles. The molecule has 6 heteroatoms. The van der Waals surface area contributed by atoms with Crippen LogP contribution in [0.1, 0.15) is 97.1 Å². The summed E-state index contributed by atoms with van der Waals surface area (Å²) >= 11 is 0. The minimum Gasteiger partial charge on any atom is -0.465 e. The topological polar surface area (TPSA) is 76.7 Å². The standard InChI is InChI=1S/C30H42N2O4/c1-5-7-9-11-19-31-27-21-25(29(33)35-3)17-15-23(27)13-14-24-16-18-26(30(34)36-4)22-28(24)32-20-12-10-8-6-2/h13-18,21-22,31-32H,5-12,19-20H2,1-4H3/b14-13+. The van der Waals surface area contributed by atoms with Crippen LogP contribution in [0.3, 0.4) is 0 Å². The van der Waals surface area contributed by atoms with Gasteiger partial charge in [0.2, 0.25) is 0 Å². The van der Waals surface area contributed by atoms with E-state index in [1.165, 1.54) is 52.7 Å². The van der Waals surface area contributed by atoms with Gasteiger partial charge in [-0.3, -0.25) is 0 Å². The van der Waals surface area contributed by atoms with E-state index in [0.29, 0.717) is 11.1 Å². The summed E-state index contributed by atoms with van der Waals surface area (Å²) < 4.78 is 9.81. The lowest BCUT2D eigenvalue weighted by atomic mass is 10.0. The number of hydrogen-bond acceptors (Lipinski definition) is 6. The molecule has 2 N–H and O–H groups in total. The average molecular weight is 495 g/mol. The van der Waals surface area contributed by atoms with Crippen LogP contribution in [0.15, 0.2) is 36.4 Å². The highest BCUT2D eigenvalue weighted by molar-refractivity contribution is 5.93. The molecule has 0 radical (unpaired) electrons. The summed E-state index contributed by atoms with van der Waals surface area (Å²) in [6, 6.07) is 11.1. The molecule has 2 rings (SSSR count). The van der Waals surface area contributed by atoms with Crippen LogP contribution in [0.25, 0.3) is 12.2 Å². The highest BCUT2D eigenvalue weighted by atomic mass is 16.5. The molecule has 0 aromatic heterocycles. The fourth-order valence-electron chi connectivity index (χ4n) is 3.93. The van der Waals surface area contributed by atoms with E-state index in [1.54, 1.807) is 12.1 Å². The van der Waals surface area contributed by atoms with E-state index in [1.807, 2.05) is 36.4 Å². The van der Waals surface area contributed by atoms with Crippen molar-refractivity contribution >= 4 is 35.5 Å². The monoisotopic (exact) mass is 494 g/mol. The van der Waals surface area contributed by atoms with E-state index in [4.69, 9.17) is 9.47 Å². The number of esters is 2. The Hall–Kier alpha value is -3.28. The molecule has 0 amide bonds. The van der Waals surface area contributed by atoms with E-state index >= 15 is 0 Å². The van der Waals surface area contributed by atoms with Crippen molar-refractivity contribution in [2.45, 2.75) is 65.2 Å². The molecule has 196 valence electrons. The zero-order chi connectivity index (χ0) is 26.2. The van der Waals surface area contributed by atoms with Crippen molar-refractivity contribution in [3.63, 3.8) is 0 Å². The van der Waals surface area contributed by atoms with Crippen molar-refractivity contribution in [3.05, 3.63) is 58.7 Å². The summed E-state index contributed by atoms with van der Waals surface area (Å²) in [6.07, 6.45) is 13.4. The Balaban J connectivity index is 2.28. The molecule has 0 aliphatic rings. The van der Waals surface area contributed by atoms with Gasteiger partial charge in [-0.1, -0.05) is 76.7 Å². The van der Waals surface area contributed by atoms with Crippen molar-refractivity contribution in [2.24, 2.45) is 0 Å². The van der Waals surface area contributed by atoms with Gasteiger partial charge in [-0.2, -0.15) is 0 Å². The van der Waals surface area contributed by atoms with Crippen molar-refractivity contribution in [3.8, 4) is 0 Å². The van der Waals surface area contributed by atoms with E-state index in [-0.39, 0.29) is 11.9 Å². The minimum atomic E-state index is -0.354. The van der Waals surface area contributed by atoms with Crippen LogP contribution in [0.4, 0.5) is 11.4 Å².